The zero-order valence-corrected chi connectivity index (χ0v) is 14.2. The summed E-state index contributed by atoms with van der Waals surface area (Å²) in [6, 6.07) is 6.81. The summed E-state index contributed by atoms with van der Waals surface area (Å²) in [4.78, 5) is 2.62. The molecule has 1 aliphatic rings. The summed E-state index contributed by atoms with van der Waals surface area (Å²) in [5.74, 6) is 2.05. The van der Waals surface area contributed by atoms with Crippen LogP contribution < -0.4 is 5.73 Å². The molecule has 0 aromatic heterocycles. The Labute approximate surface area is 130 Å². The average Bonchev–Trinajstić information content (AvgIpc) is 2.44. The molecule has 2 nitrogen and oxygen atoms in total. The van der Waals surface area contributed by atoms with Gasteiger partial charge < -0.3 is 10.6 Å². The maximum Gasteiger partial charge on any atom is 0.000439 e. The van der Waals surface area contributed by atoms with E-state index in [4.69, 9.17) is 5.73 Å². The molecule has 1 saturated heterocycles. The molecule has 1 aromatic carbocycles. The molecule has 2 heteroatoms. The molecule has 1 fully saturated rings. The summed E-state index contributed by atoms with van der Waals surface area (Å²) in [5, 5.41) is 0. The molecule has 1 heterocycles. The standard InChI is InChI=1S/C19H32N2/c1-14(2)13-21-9-7-17(8-10-21)19(12-20)18-11-15(3)5-6-16(18)4/h5-6,11,14,17,19H,7-10,12-13,20H2,1-4H3. The monoisotopic (exact) mass is 288 g/mol. The predicted molar refractivity (Wildman–Crippen MR) is 91.7 cm³/mol. The lowest BCUT2D eigenvalue weighted by Crippen LogP contribution is -2.39. The van der Waals surface area contributed by atoms with Crippen molar-refractivity contribution < 1.29 is 0 Å². The number of hydrogen-bond acceptors (Lipinski definition) is 2. The van der Waals surface area contributed by atoms with Gasteiger partial charge in [-0.15, -0.1) is 0 Å². The van der Waals surface area contributed by atoms with Crippen molar-refractivity contribution in [2.75, 3.05) is 26.2 Å². The van der Waals surface area contributed by atoms with Crippen molar-refractivity contribution in [3.8, 4) is 0 Å². The Morgan fingerprint density at radius 1 is 1.19 bits per heavy atom. The molecule has 1 aliphatic heterocycles. The molecule has 1 atom stereocenters. The average molecular weight is 288 g/mol. The largest absolute Gasteiger partial charge is 0.330 e. The lowest BCUT2D eigenvalue weighted by molar-refractivity contribution is 0.155. The molecule has 0 bridgehead atoms. The molecular formula is C19H32N2. The molecule has 0 radical (unpaired) electrons. The van der Waals surface area contributed by atoms with Gasteiger partial charge in [0.2, 0.25) is 0 Å². The zero-order valence-electron chi connectivity index (χ0n) is 14.2. The van der Waals surface area contributed by atoms with Gasteiger partial charge in [0.15, 0.2) is 0 Å². The molecule has 0 saturated carbocycles. The topological polar surface area (TPSA) is 29.3 Å². The SMILES string of the molecule is Cc1ccc(C)c(C(CN)C2CCN(CC(C)C)CC2)c1. The smallest absolute Gasteiger partial charge is 0.000439 e. The summed E-state index contributed by atoms with van der Waals surface area (Å²) < 4.78 is 0. The van der Waals surface area contributed by atoms with Gasteiger partial charge in [-0.2, -0.15) is 0 Å². The highest BCUT2D eigenvalue weighted by Crippen LogP contribution is 2.34. The minimum Gasteiger partial charge on any atom is -0.330 e. The maximum atomic E-state index is 6.16. The first-order valence-corrected chi connectivity index (χ1v) is 8.50. The van der Waals surface area contributed by atoms with Crippen LogP contribution in [0.3, 0.4) is 0 Å². The normalized spacial score (nSPS) is 19.1. The Morgan fingerprint density at radius 2 is 1.86 bits per heavy atom. The minimum atomic E-state index is 0.533. The summed E-state index contributed by atoms with van der Waals surface area (Å²) in [7, 11) is 0. The fourth-order valence-electron chi connectivity index (χ4n) is 3.79. The van der Waals surface area contributed by atoms with Gasteiger partial charge in [-0.05, 0) is 75.2 Å². The number of nitrogens with two attached hydrogens (primary N) is 1. The first-order valence-electron chi connectivity index (χ1n) is 8.50. The highest BCUT2D eigenvalue weighted by molar-refractivity contribution is 5.34. The lowest BCUT2D eigenvalue weighted by Gasteiger charge is -2.37. The number of benzene rings is 1. The van der Waals surface area contributed by atoms with E-state index in [1.807, 2.05) is 0 Å². The number of nitrogens with zero attached hydrogens (tertiary/aromatic N) is 1. The number of aryl methyl sites for hydroxylation is 2. The van der Waals surface area contributed by atoms with Crippen LogP contribution in [0.25, 0.3) is 0 Å². The lowest BCUT2D eigenvalue weighted by atomic mass is 9.78. The molecule has 1 unspecified atom stereocenters. The van der Waals surface area contributed by atoms with Crippen LogP contribution in [0.5, 0.6) is 0 Å². The number of piperidine rings is 1. The van der Waals surface area contributed by atoms with E-state index in [0.29, 0.717) is 5.92 Å². The molecular weight excluding hydrogens is 256 g/mol. The predicted octanol–water partition coefficient (Wildman–Crippen LogP) is 3.71. The van der Waals surface area contributed by atoms with E-state index in [1.54, 1.807) is 0 Å². The molecule has 2 rings (SSSR count). The van der Waals surface area contributed by atoms with Crippen molar-refractivity contribution >= 4 is 0 Å². The molecule has 0 amide bonds. The van der Waals surface area contributed by atoms with Gasteiger partial charge in [0, 0.05) is 6.54 Å². The molecule has 21 heavy (non-hydrogen) atoms. The van der Waals surface area contributed by atoms with Crippen molar-refractivity contribution in [1.29, 1.82) is 0 Å². The summed E-state index contributed by atoms with van der Waals surface area (Å²) >= 11 is 0. The highest BCUT2D eigenvalue weighted by atomic mass is 15.1. The molecule has 0 aliphatic carbocycles. The summed E-state index contributed by atoms with van der Waals surface area (Å²) in [6.45, 7) is 13.5. The van der Waals surface area contributed by atoms with Crippen molar-refractivity contribution in [2.45, 2.75) is 46.5 Å². The molecule has 0 spiro atoms. The number of likely N-dealkylation sites (tertiary alicyclic amines) is 1. The number of rotatable bonds is 5. The zero-order chi connectivity index (χ0) is 15.4. The third-order valence-corrected chi connectivity index (χ3v) is 4.91. The fourth-order valence-corrected chi connectivity index (χ4v) is 3.79. The first kappa shape index (κ1) is 16.5. The van der Waals surface area contributed by atoms with Crippen molar-refractivity contribution in [1.82, 2.24) is 4.90 Å². The summed E-state index contributed by atoms with van der Waals surface area (Å²) in [5.41, 5.74) is 10.4. The van der Waals surface area contributed by atoms with E-state index >= 15 is 0 Å². The Balaban J connectivity index is 2.04. The van der Waals surface area contributed by atoms with Crippen LogP contribution in [-0.4, -0.2) is 31.1 Å². The van der Waals surface area contributed by atoms with Gasteiger partial charge in [0.1, 0.15) is 0 Å². The van der Waals surface area contributed by atoms with E-state index < -0.39 is 0 Å². The van der Waals surface area contributed by atoms with Crippen molar-refractivity contribution in [3.63, 3.8) is 0 Å². The molecule has 1 aromatic rings. The summed E-state index contributed by atoms with van der Waals surface area (Å²) in [6.07, 6.45) is 2.59. The van der Waals surface area contributed by atoms with E-state index in [0.717, 1.165) is 18.4 Å². The maximum absolute atomic E-state index is 6.16. The van der Waals surface area contributed by atoms with E-state index in [1.165, 1.54) is 49.2 Å². The van der Waals surface area contributed by atoms with Crippen LogP contribution in [0, 0.1) is 25.7 Å². The van der Waals surface area contributed by atoms with Crippen LogP contribution in [0.1, 0.15) is 49.3 Å². The van der Waals surface area contributed by atoms with Crippen LogP contribution in [-0.2, 0) is 0 Å². The molecule has 2 N–H and O–H groups in total. The van der Waals surface area contributed by atoms with Crippen molar-refractivity contribution in [3.05, 3.63) is 34.9 Å². The van der Waals surface area contributed by atoms with E-state index in [-0.39, 0.29) is 0 Å². The van der Waals surface area contributed by atoms with E-state index in [2.05, 4.69) is 50.8 Å². The van der Waals surface area contributed by atoms with E-state index in [9.17, 15) is 0 Å². The fraction of sp³-hybridized carbons (Fsp3) is 0.684. The van der Waals surface area contributed by atoms with Gasteiger partial charge >= 0.3 is 0 Å². The Hall–Kier alpha value is -0.860. The van der Waals surface area contributed by atoms with Gasteiger partial charge in [-0.1, -0.05) is 37.6 Å². The van der Waals surface area contributed by atoms with Gasteiger partial charge in [0.25, 0.3) is 0 Å². The second-order valence-electron chi connectivity index (χ2n) is 7.23. The second-order valence-corrected chi connectivity index (χ2v) is 7.23. The van der Waals surface area contributed by atoms with Gasteiger partial charge in [-0.3, -0.25) is 0 Å². The third kappa shape index (κ3) is 4.31. The van der Waals surface area contributed by atoms with Crippen LogP contribution in [0.15, 0.2) is 18.2 Å². The number of hydrogen-bond donors (Lipinski definition) is 1. The van der Waals surface area contributed by atoms with Crippen molar-refractivity contribution in [2.24, 2.45) is 17.6 Å². The van der Waals surface area contributed by atoms with Crippen LogP contribution in [0.4, 0.5) is 0 Å². The Morgan fingerprint density at radius 3 is 2.43 bits per heavy atom. The minimum absolute atomic E-state index is 0.533. The van der Waals surface area contributed by atoms with Crippen LogP contribution in [0.2, 0.25) is 0 Å². The first-order chi connectivity index (χ1) is 10.0. The molecule has 118 valence electrons. The second kappa shape index (κ2) is 7.42. The Kier molecular flexibility index (Phi) is 5.83. The van der Waals surface area contributed by atoms with Gasteiger partial charge in [0.05, 0.1) is 0 Å². The van der Waals surface area contributed by atoms with Gasteiger partial charge in [-0.25, -0.2) is 0 Å². The third-order valence-electron chi connectivity index (χ3n) is 4.91. The van der Waals surface area contributed by atoms with Crippen LogP contribution >= 0.6 is 0 Å². The quantitative estimate of drug-likeness (QED) is 0.895. The Bertz CT molecular complexity index is 445. The highest BCUT2D eigenvalue weighted by Gasteiger charge is 2.27.